The van der Waals surface area contributed by atoms with Gasteiger partial charge in [-0.25, -0.2) is 4.98 Å². The molecule has 1 saturated heterocycles. The Morgan fingerprint density at radius 3 is 2.78 bits per heavy atom. The van der Waals surface area contributed by atoms with Gasteiger partial charge in [-0.2, -0.15) is 5.10 Å². The maximum Gasteiger partial charge on any atom is 0.246 e. The van der Waals surface area contributed by atoms with Crippen LogP contribution in [0.4, 0.5) is 5.95 Å². The van der Waals surface area contributed by atoms with E-state index >= 15 is 0 Å². The summed E-state index contributed by atoms with van der Waals surface area (Å²) in [6, 6.07) is 14.5. The Balaban J connectivity index is 1.55. The van der Waals surface area contributed by atoms with Gasteiger partial charge in [-0.05, 0) is 31.0 Å². The molecule has 5 nitrogen and oxygen atoms in total. The van der Waals surface area contributed by atoms with Crippen molar-refractivity contribution in [3.63, 3.8) is 0 Å². The van der Waals surface area contributed by atoms with Gasteiger partial charge in [-0.15, -0.1) is 5.10 Å². The molecule has 0 saturated carbocycles. The van der Waals surface area contributed by atoms with Crippen LogP contribution in [0.5, 0.6) is 0 Å². The monoisotopic (exact) mass is 306 g/mol. The highest BCUT2D eigenvalue weighted by molar-refractivity contribution is 5.53. The molecule has 0 bridgehead atoms. The lowest BCUT2D eigenvalue weighted by atomic mass is 9.99. The lowest BCUT2D eigenvalue weighted by Gasteiger charge is -2.16. The number of aryl methyl sites for hydroxylation is 1. The van der Waals surface area contributed by atoms with Crippen molar-refractivity contribution in [3.8, 4) is 11.5 Å². The van der Waals surface area contributed by atoms with Crippen LogP contribution in [-0.2, 0) is 0 Å². The normalized spacial score (nSPS) is 17.6. The Kier molecular flexibility index (Phi) is 3.54. The number of nitrogens with zero attached hydrogens (tertiary/aromatic N) is 4. The summed E-state index contributed by atoms with van der Waals surface area (Å²) >= 11 is 0. The first kappa shape index (κ1) is 13.9. The number of aromatic nitrogens is 3. The summed E-state index contributed by atoms with van der Waals surface area (Å²) in [7, 11) is 0. The summed E-state index contributed by atoms with van der Waals surface area (Å²) in [5, 5.41) is 8.30. The molecule has 116 valence electrons. The van der Waals surface area contributed by atoms with Crippen molar-refractivity contribution in [2.45, 2.75) is 19.3 Å². The summed E-state index contributed by atoms with van der Waals surface area (Å²) < 4.78 is 5.63. The second-order valence-corrected chi connectivity index (χ2v) is 5.89. The molecule has 0 aliphatic carbocycles. The van der Waals surface area contributed by atoms with Crippen molar-refractivity contribution in [2.24, 2.45) is 0 Å². The number of hydrogen-bond acceptors (Lipinski definition) is 5. The molecular weight excluding hydrogens is 288 g/mol. The van der Waals surface area contributed by atoms with Gasteiger partial charge in [0.1, 0.15) is 11.5 Å². The Labute approximate surface area is 135 Å². The molecule has 1 aromatic carbocycles. The van der Waals surface area contributed by atoms with E-state index in [1.807, 2.05) is 19.1 Å². The van der Waals surface area contributed by atoms with Gasteiger partial charge in [0.05, 0.1) is 6.20 Å². The highest BCUT2D eigenvalue weighted by atomic mass is 16.3. The predicted molar refractivity (Wildman–Crippen MR) is 88.3 cm³/mol. The van der Waals surface area contributed by atoms with E-state index in [1.54, 1.807) is 6.20 Å². The van der Waals surface area contributed by atoms with E-state index in [0.29, 0.717) is 11.9 Å². The molecule has 1 fully saturated rings. The number of hydrogen-bond donors (Lipinski definition) is 0. The molecule has 4 rings (SSSR count). The maximum atomic E-state index is 5.63. The van der Waals surface area contributed by atoms with Crippen LogP contribution in [0.25, 0.3) is 11.5 Å². The Morgan fingerprint density at radius 2 is 2.00 bits per heavy atom. The Hall–Kier alpha value is -2.69. The molecule has 1 atom stereocenters. The van der Waals surface area contributed by atoms with Crippen molar-refractivity contribution in [1.82, 2.24) is 15.2 Å². The van der Waals surface area contributed by atoms with Crippen LogP contribution < -0.4 is 4.90 Å². The van der Waals surface area contributed by atoms with Crippen LogP contribution in [-0.4, -0.2) is 28.3 Å². The Morgan fingerprint density at radius 1 is 1.13 bits per heavy atom. The van der Waals surface area contributed by atoms with E-state index in [9.17, 15) is 0 Å². The number of benzene rings is 1. The van der Waals surface area contributed by atoms with Gasteiger partial charge in [0.2, 0.25) is 5.95 Å². The minimum absolute atomic E-state index is 0.523. The molecule has 0 radical (unpaired) electrons. The molecule has 0 N–H and O–H groups in total. The van der Waals surface area contributed by atoms with Crippen LogP contribution in [0.15, 0.2) is 53.1 Å². The number of anilines is 1. The predicted octanol–water partition coefficient (Wildman–Crippen LogP) is 3.43. The standard InChI is InChI=1S/C18H18N4O/c1-13-7-8-17(23-13)16-11-19-21-18(20-16)22-10-9-15(12-22)14-5-3-2-4-6-14/h2-8,11,15H,9-10,12H2,1H3. The average molecular weight is 306 g/mol. The molecule has 23 heavy (non-hydrogen) atoms. The summed E-state index contributed by atoms with van der Waals surface area (Å²) in [5.74, 6) is 2.80. The average Bonchev–Trinajstić information content (AvgIpc) is 3.25. The zero-order chi connectivity index (χ0) is 15.6. The summed E-state index contributed by atoms with van der Waals surface area (Å²) in [5.41, 5.74) is 2.10. The van der Waals surface area contributed by atoms with Crippen molar-refractivity contribution in [1.29, 1.82) is 0 Å². The van der Waals surface area contributed by atoms with Crippen molar-refractivity contribution < 1.29 is 4.42 Å². The molecule has 1 aliphatic rings. The lowest BCUT2D eigenvalue weighted by molar-refractivity contribution is 0.545. The van der Waals surface area contributed by atoms with Crippen LogP contribution in [0.3, 0.4) is 0 Å². The largest absolute Gasteiger partial charge is 0.460 e. The summed E-state index contributed by atoms with van der Waals surface area (Å²) in [6.45, 7) is 3.79. The van der Waals surface area contributed by atoms with Crippen LogP contribution in [0, 0.1) is 6.92 Å². The van der Waals surface area contributed by atoms with Gasteiger partial charge in [0.15, 0.2) is 5.76 Å². The minimum Gasteiger partial charge on any atom is -0.460 e. The molecular formula is C18H18N4O. The van der Waals surface area contributed by atoms with Crippen LogP contribution >= 0.6 is 0 Å². The quantitative estimate of drug-likeness (QED) is 0.742. The first-order chi connectivity index (χ1) is 11.3. The Bertz CT molecular complexity index is 800. The second-order valence-electron chi connectivity index (χ2n) is 5.89. The third-order valence-corrected chi connectivity index (χ3v) is 4.28. The topological polar surface area (TPSA) is 55.1 Å². The van der Waals surface area contributed by atoms with Crippen molar-refractivity contribution >= 4 is 5.95 Å². The van der Waals surface area contributed by atoms with E-state index in [-0.39, 0.29) is 0 Å². The van der Waals surface area contributed by atoms with Crippen molar-refractivity contribution in [3.05, 3.63) is 60.0 Å². The van der Waals surface area contributed by atoms with Gasteiger partial charge in [0, 0.05) is 19.0 Å². The number of rotatable bonds is 3. The van der Waals surface area contributed by atoms with E-state index in [1.165, 1.54) is 5.56 Å². The SMILES string of the molecule is Cc1ccc(-c2cnnc(N3CCC(c4ccccc4)C3)n2)o1. The van der Waals surface area contributed by atoms with Gasteiger partial charge in [0.25, 0.3) is 0 Å². The van der Waals surface area contributed by atoms with Gasteiger partial charge in [-0.1, -0.05) is 30.3 Å². The lowest BCUT2D eigenvalue weighted by Crippen LogP contribution is -2.22. The molecule has 3 aromatic rings. The zero-order valence-corrected chi connectivity index (χ0v) is 13.0. The third kappa shape index (κ3) is 2.82. The molecule has 2 aromatic heterocycles. The highest BCUT2D eigenvalue weighted by Gasteiger charge is 2.26. The van der Waals surface area contributed by atoms with Gasteiger partial charge >= 0.3 is 0 Å². The molecule has 0 amide bonds. The highest BCUT2D eigenvalue weighted by Crippen LogP contribution is 2.29. The van der Waals surface area contributed by atoms with Crippen molar-refractivity contribution in [2.75, 3.05) is 18.0 Å². The van der Waals surface area contributed by atoms with Crippen LogP contribution in [0.1, 0.15) is 23.7 Å². The van der Waals surface area contributed by atoms with E-state index in [0.717, 1.165) is 36.7 Å². The maximum absolute atomic E-state index is 5.63. The van der Waals surface area contributed by atoms with Gasteiger partial charge in [-0.3, -0.25) is 0 Å². The molecule has 1 aliphatic heterocycles. The fraction of sp³-hybridized carbons (Fsp3) is 0.278. The molecule has 5 heteroatoms. The number of furan rings is 1. The van der Waals surface area contributed by atoms with Gasteiger partial charge < -0.3 is 9.32 Å². The fourth-order valence-electron chi connectivity index (χ4n) is 3.06. The molecule has 0 spiro atoms. The summed E-state index contributed by atoms with van der Waals surface area (Å²) in [6.07, 6.45) is 2.75. The fourth-order valence-corrected chi connectivity index (χ4v) is 3.06. The third-order valence-electron chi connectivity index (χ3n) is 4.28. The van der Waals surface area contributed by atoms with E-state index in [2.05, 4.69) is 50.4 Å². The second kappa shape index (κ2) is 5.83. The van der Waals surface area contributed by atoms with Crippen LogP contribution in [0.2, 0.25) is 0 Å². The first-order valence-electron chi connectivity index (χ1n) is 7.86. The van der Waals surface area contributed by atoms with E-state index in [4.69, 9.17) is 4.42 Å². The van der Waals surface area contributed by atoms with E-state index < -0.39 is 0 Å². The molecule has 3 heterocycles. The summed E-state index contributed by atoms with van der Waals surface area (Å²) in [4.78, 5) is 6.82. The smallest absolute Gasteiger partial charge is 0.246 e. The first-order valence-corrected chi connectivity index (χ1v) is 7.86. The minimum atomic E-state index is 0.523. The zero-order valence-electron chi connectivity index (χ0n) is 13.0. The molecule has 1 unspecified atom stereocenters.